The molecule has 5 nitrogen and oxygen atoms in total. The zero-order valence-corrected chi connectivity index (χ0v) is 18.6. The molecule has 1 aliphatic rings. The first-order chi connectivity index (χ1) is 14.9. The summed E-state index contributed by atoms with van der Waals surface area (Å²) in [5.74, 6) is -0.171. The van der Waals surface area contributed by atoms with Crippen LogP contribution >= 0.6 is 11.6 Å². The lowest BCUT2D eigenvalue weighted by Crippen LogP contribution is -2.61. The molecule has 0 bridgehead atoms. The van der Waals surface area contributed by atoms with Crippen molar-refractivity contribution in [2.45, 2.75) is 32.9 Å². The molecule has 1 aliphatic heterocycles. The van der Waals surface area contributed by atoms with Crippen LogP contribution in [0.5, 0.6) is 0 Å². The smallest absolute Gasteiger partial charge is 0.246 e. The van der Waals surface area contributed by atoms with Gasteiger partial charge in [-0.05, 0) is 48.7 Å². The van der Waals surface area contributed by atoms with E-state index in [1.807, 2.05) is 28.8 Å². The van der Waals surface area contributed by atoms with E-state index in [2.05, 4.69) is 43.9 Å². The largest absolute Gasteiger partial charge is 0.348 e. The first-order valence-electron chi connectivity index (χ1n) is 10.5. The first-order valence-corrected chi connectivity index (χ1v) is 10.9. The molecule has 160 valence electrons. The minimum atomic E-state index is -0.103. The minimum Gasteiger partial charge on any atom is -0.348 e. The third-order valence-corrected chi connectivity index (χ3v) is 6.22. The number of rotatable bonds is 6. The van der Waals surface area contributed by atoms with Gasteiger partial charge in [-0.1, -0.05) is 49.4 Å². The van der Waals surface area contributed by atoms with Crippen LogP contribution in [0.2, 0.25) is 5.02 Å². The molecule has 1 saturated heterocycles. The highest BCUT2D eigenvalue weighted by atomic mass is 35.5. The van der Waals surface area contributed by atoms with E-state index in [0.29, 0.717) is 18.1 Å². The van der Waals surface area contributed by atoms with E-state index < -0.39 is 0 Å². The Morgan fingerprint density at radius 2 is 1.97 bits per heavy atom. The second-order valence-corrected chi connectivity index (χ2v) is 8.37. The van der Waals surface area contributed by atoms with Crippen molar-refractivity contribution in [1.82, 2.24) is 14.8 Å². The lowest BCUT2D eigenvalue weighted by Gasteiger charge is -2.38. The normalized spacial score (nSPS) is 13.8. The predicted molar refractivity (Wildman–Crippen MR) is 125 cm³/mol. The van der Waals surface area contributed by atoms with Crippen molar-refractivity contribution < 1.29 is 9.59 Å². The van der Waals surface area contributed by atoms with E-state index in [0.717, 1.165) is 28.6 Å². The van der Waals surface area contributed by atoms with Crippen molar-refractivity contribution in [3.63, 3.8) is 0 Å². The lowest BCUT2D eigenvalue weighted by atomic mass is 9.96. The van der Waals surface area contributed by atoms with Gasteiger partial charge in [0, 0.05) is 40.3 Å². The van der Waals surface area contributed by atoms with Crippen molar-refractivity contribution in [3.8, 4) is 11.1 Å². The minimum absolute atomic E-state index is 0.0201. The SMILES string of the molecule is C=CC(=O)N1CC(NC(=O)Cn2c(C)c(-c3ccccc3CC)c3cc(Cl)ccc32)C1. The number of fused-ring (bicyclic) bond motifs is 1. The van der Waals surface area contributed by atoms with Gasteiger partial charge in [-0.25, -0.2) is 0 Å². The third kappa shape index (κ3) is 3.98. The Kier molecular flexibility index (Phi) is 5.88. The number of amides is 2. The number of aryl methyl sites for hydroxylation is 1. The highest BCUT2D eigenvalue weighted by molar-refractivity contribution is 6.31. The summed E-state index contributed by atoms with van der Waals surface area (Å²) in [7, 11) is 0. The summed E-state index contributed by atoms with van der Waals surface area (Å²) in [4.78, 5) is 26.1. The first kappa shape index (κ1) is 21.2. The van der Waals surface area contributed by atoms with Crippen LogP contribution < -0.4 is 5.32 Å². The Balaban J connectivity index is 1.65. The van der Waals surface area contributed by atoms with Crippen LogP contribution in [0.15, 0.2) is 55.1 Å². The van der Waals surface area contributed by atoms with E-state index >= 15 is 0 Å². The fourth-order valence-electron chi connectivity index (χ4n) is 4.37. The van der Waals surface area contributed by atoms with Crippen molar-refractivity contribution in [1.29, 1.82) is 0 Å². The number of benzene rings is 2. The molecule has 4 rings (SSSR count). The summed E-state index contributed by atoms with van der Waals surface area (Å²) in [6.45, 7) is 8.95. The second kappa shape index (κ2) is 8.60. The van der Waals surface area contributed by atoms with Crippen LogP contribution in [-0.2, 0) is 22.6 Å². The van der Waals surface area contributed by atoms with Crippen LogP contribution in [-0.4, -0.2) is 40.4 Å². The molecular weight excluding hydrogens is 410 g/mol. The van der Waals surface area contributed by atoms with E-state index in [1.54, 1.807) is 4.90 Å². The topological polar surface area (TPSA) is 54.3 Å². The molecule has 3 aromatic rings. The zero-order valence-electron chi connectivity index (χ0n) is 17.8. The van der Waals surface area contributed by atoms with E-state index in [4.69, 9.17) is 11.6 Å². The number of carbonyl (C=O) groups is 2. The van der Waals surface area contributed by atoms with E-state index in [1.165, 1.54) is 17.2 Å². The monoisotopic (exact) mass is 435 g/mol. The van der Waals surface area contributed by atoms with Gasteiger partial charge in [0.25, 0.3) is 0 Å². The molecule has 2 amide bonds. The van der Waals surface area contributed by atoms with Crippen molar-refractivity contribution >= 4 is 34.3 Å². The van der Waals surface area contributed by atoms with Crippen LogP contribution in [0.1, 0.15) is 18.2 Å². The van der Waals surface area contributed by atoms with Gasteiger partial charge < -0.3 is 14.8 Å². The molecular formula is C25H26ClN3O2. The summed E-state index contributed by atoms with van der Waals surface area (Å²) in [5, 5.41) is 4.75. The van der Waals surface area contributed by atoms with Gasteiger partial charge in [-0.15, -0.1) is 0 Å². The summed E-state index contributed by atoms with van der Waals surface area (Å²) < 4.78 is 2.05. The quantitative estimate of drug-likeness (QED) is 0.585. The molecule has 31 heavy (non-hydrogen) atoms. The van der Waals surface area contributed by atoms with E-state index in [9.17, 15) is 9.59 Å². The Morgan fingerprint density at radius 3 is 2.68 bits per heavy atom. The van der Waals surface area contributed by atoms with Crippen molar-refractivity contribution in [2.75, 3.05) is 13.1 Å². The lowest BCUT2D eigenvalue weighted by molar-refractivity contribution is -0.133. The Labute approximate surface area is 187 Å². The van der Waals surface area contributed by atoms with E-state index in [-0.39, 0.29) is 24.4 Å². The van der Waals surface area contributed by atoms with Crippen LogP contribution in [0.4, 0.5) is 0 Å². The predicted octanol–water partition coefficient (Wildman–Crippen LogP) is 4.35. The maximum atomic E-state index is 12.8. The molecule has 0 radical (unpaired) electrons. The van der Waals surface area contributed by atoms with Crippen molar-refractivity contribution in [2.24, 2.45) is 0 Å². The fraction of sp³-hybridized carbons (Fsp3) is 0.280. The van der Waals surface area contributed by atoms with Gasteiger partial charge in [0.1, 0.15) is 6.54 Å². The average Bonchev–Trinajstić information content (AvgIpc) is 3.00. The third-order valence-electron chi connectivity index (χ3n) is 5.99. The standard InChI is InChI=1S/C25H26ClN3O2/c1-4-17-8-6-7-9-20(17)25-16(3)29(22-11-10-18(26)12-21(22)25)15-23(30)27-19-13-28(14-19)24(31)5-2/h5-12,19H,2,4,13-15H2,1,3H3,(H,27,30). The number of nitrogens with one attached hydrogen (secondary N) is 1. The maximum absolute atomic E-state index is 12.8. The number of aromatic nitrogens is 1. The number of hydrogen-bond acceptors (Lipinski definition) is 2. The number of likely N-dealkylation sites (tertiary alicyclic amines) is 1. The Hall–Kier alpha value is -3.05. The van der Waals surface area contributed by atoms with Crippen molar-refractivity contribution in [3.05, 3.63) is 71.4 Å². The van der Waals surface area contributed by atoms with Gasteiger partial charge in [-0.3, -0.25) is 9.59 Å². The van der Waals surface area contributed by atoms with Crippen LogP contribution in [0.25, 0.3) is 22.0 Å². The summed E-state index contributed by atoms with van der Waals surface area (Å²) in [5.41, 5.74) is 5.57. The highest BCUT2D eigenvalue weighted by Gasteiger charge is 2.30. The van der Waals surface area contributed by atoms with Crippen LogP contribution in [0.3, 0.4) is 0 Å². The summed E-state index contributed by atoms with van der Waals surface area (Å²) in [6, 6.07) is 14.2. The molecule has 6 heteroatoms. The maximum Gasteiger partial charge on any atom is 0.246 e. The van der Waals surface area contributed by atoms with Crippen LogP contribution in [0, 0.1) is 6.92 Å². The molecule has 0 aliphatic carbocycles. The molecule has 0 spiro atoms. The van der Waals surface area contributed by atoms with Gasteiger partial charge in [0.15, 0.2) is 0 Å². The molecule has 1 aromatic heterocycles. The molecule has 2 heterocycles. The van der Waals surface area contributed by atoms with Gasteiger partial charge >= 0.3 is 0 Å². The van der Waals surface area contributed by atoms with Gasteiger partial charge in [0.2, 0.25) is 11.8 Å². The molecule has 0 saturated carbocycles. The number of halogens is 1. The molecule has 0 atom stereocenters. The van der Waals surface area contributed by atoms with Gasteiger partial charge in [-0.2, -0.15) is 0 Å². The molecule has 1 N–H and O–H groups in total. The number of carbonyl (C=O) groups excluding carboxylic acids is 2. The van der Waals surface area contributed by atoms with Gasteiger partial charge in [0.05, 0.1) is 6.04 Å². The Morgan fingerprint density at radius 1 is 1.23 bits per heavy atom. The molecule has 0 unspecified atom stereocenters. The number of hydrogen-bond donors (Lipinski definition) is 1. The molecule has 2 aromatic carbocycles. The zero-order chi connectivity index (χ0) is 22.1. The molecule has 1 fully saturated rings. The Bertz CT molecular complexity index is 1170. The summed E-state index contributed by atoms with van der Waals surface area (Å²) in [6.07, 6.45) is 2.22. The highest BCUT2D eigenvalue weighted by Crippen LogP contribution is 2.37. The average molecular weight is 436 g/mol. The summed E-state index contributed by atoms with van der Waals surface area (Å²) >= 11 is 6.34. The second-order valence-electron chi connectivity index (χ2n) is 7.93. The fourth-order valence-corrected chi connectivity index (χ4v) is 4.54. The number of nitrogens with zero attached hydrogens (tertiary/aromatic N) is 2.